The molecule has 0 spiro atoms. The standard InChI is InChI=1S/C31H31F3O6/c1-18(13-14-37-2)39-21-5-3-19(4-6-21)30-25-10-12-27(24(25)9-11-26(30)31(32,33)34)40-22-7-8-23-20(15-29(35)36)17-38-28(23)16-22/h3-9,11,16,18,20,27H,10,12-15,17H2,1-2H3,(H,35,36)/t18-,20+,27+/m0/s1. The third-order valence-corrected chi connectivity index (χ3v) is 7.43. The van der Waals surface area contributed by atoms with Crippen LogP contribution in [-0.2, 0) is 22.1 Å². The Balaban J connectivity index is 1.40. The van der Waals surface area contributed by atoms with E-state index in [-0.39, 0.29) is 30.6 Å². The monoisotopic (exact) mass is 556 g/mol. The van der Waals surface area contributed by atoms with E-state index in [1.165, 1.54) is 6.07 Å². The number of alkyl halides is 3. The second-order valence-corrected chi connectivity index (χ2v) is 10.2. The van der Waals surface area contributed by atoms with E-state index >= 15 is 0 Å². The van der Waals surface area contributed by atoms with E-state index in [0.717, 1.165) is 17.2 Å². The van der Waals surface area contributed by atoms with Crippen molar-refractivity contribution < 1.29 is 42.0 Å². The summed E-state index contributed by atoms with van der Waals surface area (Å²) in [5, 5.41) is 9.13. The Kier molecular flexibility index (Phi) is 7.94. The predicted molar refractivity (Wildman–Crippen MR) is 142 cm³/mol. The van der Waals surface area contributed by atoms with Crippen molar-refractivity contribution in [2.24, 2.45) is 0 Å². The van der Waals surface area contributed by atoms with E-state index in [4.69, 9.17) is 24.1 Å². The molecule has 1 aliphatic heterocycles. The number of ether oxygens (including phenoxy) is 4. The van der Waals surface area contributed by atoms with E-state index in [9.17, 15) is 18.0 Å². The van der Waals surface area contributed by atoms with Crippen LogP contribution in [-0.4, -0.2) is 37.5 Å². The van der Waals surface area contributed by atoms with Crippen LogP contribution in [0.3, 0.4) is 0 Å². The lowest BCUT2D eigenvalue weighted by Gasteiger charge is -2.20. The summed E-state index contributed by atoms with van der Waals surface area (Å²) in [6.07, 6.45) is -3.39. The number of methoxy groups -OCH3 is 1. The summed E-state index contributed by atoms with van der Waals surface area (Å²) in [6.45, 7) is 2.76. The average molecular weight is 557 g/mol. The lowest BCUT2D eigenvalue weighted by atomic mass is 9.91. The Morgan fingerprint density at radius 2 is 1.80 bits per heavy atom. The van der Waals surface area contributed by atoms with Crippen molar-refractivity contribution in [2.45, 2.75) is 56.9 Å². The molecule has 0 radical (unpaired) electrons. The van der Waals surface area contributed by atoms with Crippen molar-refractivity contribution in [1.82, 2.24) is 0 Å². The fourth-order valence-electron chi connectivity index (χ4n) is 5.50. The van der Waals surface area contributed by atoms with Crippen LogP contribution in [0.4, 0.5) is 13.2 Å². The predicted octanol–water partition coefficient (Wildman–Crippen LogP) is 7.19. The molecule has 3 aromatic rings. The lowest BCUT2D eigenvalue weighted by molar-refractivity contribution is -0.138. The SMILES string of the molecule is COCC[C@H](C)Oc1ccc(-c2c(C(F)(F)F)ccc3c2CC[C@H]3Oc2ccc3c(c2)OC[C@H]3CC(=O)O)cc1. The van der Waals surface area contributed by atoms with Gasteiger partial charge >= 0.3 is 12.1 Å². The lowest BCUT2D eigenvalue weighted by Crippen LogP contribution is -2.14. The van der Waals surface area contributed by atoms with Gasteiger partial charge in [-0.25, -0.2) is 0 Å². The van der Waals surface area contributed by atoms with E-state index in [1.54, 1.807) is 49.6 Å². The second-order valence-electron chi connectivity index (χ2n) is 10.2. The van der Waals surface area contributed by atoms with Gasteiger partial charge < -0.3 is 24.1 Å². The molecular formula is C31H31F3O6. The molecule has 2 aliphatic rings. The summed E-state index contributed by atoms with van der Waals surface area (Å²) in [5.74, 6) is 0.575. The molecule has 0 aromatic heterocycles. The first-order chi connectivity index (χ1) is 19.1. The first kappa shape index (κ1) is 27.8. The molecule has 1 N–H and O–H groups in total. The molecule has 0 amide bonds. The van der Waals surface area contributed by atoms with Crippen LogP contribution in [0.2, 0.25) is 0 Å². The number of carboxylic acids is 1. The molecular weight excluding hydrogens is 525 g/mol. The van der Waals surface area contributed by atoms with Crippen molar-refractivity contribution in [3.8, 4) is 28.4 Å². The largest absolute Gasteiger partial charge is 0.492 e. The number of benzene rings is 3. The molecule has 0 unspecified atom stereocenters. The highest BCUT2D eigenvalue weighted by Gasteiger charge is 2.38. The van der Waals surface area contributed by atoms with Gasteiger partial charge in [0.1, 0.15) is 23.4 Å². The molecule has 9 heteroatoms. The van der Waals surface area contributed by atoms with Gasteiger partial charge in [-0.15, -0.1) is 0 Å². The van der Waals surface area contributed by atoms with E-state index in [0.29, 0.717) is 54.2 Å². The highest BCUT2D eigenvalue weighted by Crippen LogP contribution is 2.47. The first-order valence-electron chi connectivity index (χ1n) is 13.3. The number of hydrogen-bond donors (Lipinski definition) is 1. The van der Waals surface area contributed by atoms with Gasteiger partial charge in [0.25, 0.3) is 0 Å². The van der Waals surface area contributed by atoms with Crippen LogP contribution in [0, 0.1) is 0 Å². The number of rotatable bonds is 10. The van der Waals surface area contributed by atoms with Crippen LogP contribution < -0.4 is 14.2 Å². The fourth-order valence-corrected chi connectivity index (χ4v) is 5.50. The molecule has 1 heterocycles. The van der Waals surface area contributed by atoms with Gasteiger partial charge in [-0.3, -0.25) is 4.79 Å². The second kappa shape index (κ2) is 11.4. The maximum Gasteiger partial charge on any atom is 0.417 e. The minimum Gasteiger partial charge on any atom is -0.492 e. The molecule has 0 saturated carbocycles. The summed E-state index contributed by atoms with van der Waals surface area (Å²) >= 11 is 0. The zero-order valence-corrected chi connectivity index (χ0v) is 22.3. The minimum atomic E-state index is -4.52. The van der Waals surface area contributed by atoms with Crippen molar-refractivity contribution in [3.63, 3.8) is 0 Å². The van der Waals surface area contributed by atoms with Gasteiger partial charge in [-0.05, 0) is 66.3 Å². The quantitative estimate of drug-likeness (QED) is 0.285. The van der Waals surface area contributed by atoms with Gasteiger partial charge in [0.05, 0.1) is 24.7 Å². The molecule has 40 heavy (non-hydrogen) atoms. The molecule has 3 aromatic carbocycles. The smallest absolute Gasteiger partial charge is 0.417 e. The number of fused-ring (bicyclic) bond motifs is 2. The zero-order chi connectivity index (χ0) is 28.4. The van der Waals surface area contributed by atoms with Crippen LogP contribution >= 0.6 is 0 Å². The number of carbonyl (C=O) groups is 1. The van der Waals surface area contributed by atoms with Gasteiger partial charge in [0, 0.05) is 37.7 Å². The third kappa shape index (κ3) is 5.89. The third-order valence-electron chi connectivity index (χ3n) is 7.43. The summed E-state index contributed by atoms with van der Waals surface area (Å²) in [4.78, 5) is 11.1. The molecule has 1 aliphatic carbocycles. The van der Waals surface area contributed by atoms with E-state index in [1.807, 2.05) is 6.92 Å². The Morgan fingerprint density at radius 3 is 2.50 bits per heavy atom. The van der Waals surface area contributed by atoms with Gasteiger partial charge in [-0.2, -0.15) is 13.2 Å². The molecule has 3 atom stereocenters. The highest BCUT2D eigenvalue weighted by atomic mass is 19.4. The average Bonchev–Trinajstić information content (AvgIpc) is 3.50. The number of aliphatic carboxylic acids is 1. The van der Waals surface area contributed by atoms with Crippen molar-refractivity contribution in [3.05, 3.63) is 76.9 Å². The van der Waals surface area contributed by atoms with Crippen molar-refractivity contribution >= 4 is 5.97 Å². The summed E-state index contributed by atoms with van der Waals surface area (Å²) in [6, 6.07) is 14.7. The first-order valence-corrected chi connectivity index (χ1v) is 13.3. The Bertz CT molecular complexity index is 1370. The van der Waals surface area contributed by atoms with Gasteiger partial charge in [0.15, 0.2) is 0 Å². The van der Waals surface area contributed by atoms with Gasteiger partial charge in [0.2, 0.25) is 0 Å². The van der Waals surface area contributed by atoms with Crippen molar-refractivity contribution in [1.29, 1.82) is 0 Å². The molecule has 0 saturated heterocycles. The summed E-state index contributed by atoms with van der Waals surface area (Å²) in [7, 11) is 1.62. The molecule has 0 fully saturated rings. The van der Waals surface area contributed by atoms with E-state index < -0.39 is 23.8 Å². The summed E-state index contributed by atoms with van der Waals surface area (Å²) in [5.41, 5.74) is 2.13. The van der Waals surface area contributed by atoms with Gasteiger partial charge in [-0.1, -0.05) is 24.3 Å². The topological polar surface area (TPSA) is 74.2 Å². The number of carboxylic acid groups (broad SMARTS) is 1. The molecule has 6 nitrogen and oxygen atoms in total. The maximum absolute atomic E-state index is 14.1. The molecule has 5 rings (SSSR count). The minimum absolute atomic E-state index is 0.0204. The Morgan fingerprint density at radius 1 is 1.07 bits per heavy atom. The number of hydrogen-bond acceptors (Lipinski definition) is 5. The van der Waals surface area contributed by atoms with E-state index in [2.05, 4.69) is 0 Å². The zero-order valence-electron chi connectivity index (χ0n) is 22.3. The molecule has 212 valence electrons. The fraction of sp³-hybridized carbons (Fsp3) is 0.387. The Hall–Kier alpha value is -3.72. The highest BCUT2D eigenvalue weighted by molar-refractivity contribution is 5.75. The van der Waals surface area contributed by atoms with Crippen LogP contribution in [0.5, 0.6) is 17.2 Å². The maximum atomic E-state index is 14.1. The Labute approximate surface area is 230 Å². The van der Waals surface area contributed by atoms with Crippen molar-refractivity contribution in [2.75, 3.05) is 20.3 Å². The van der Waals surface area contributed by atoms with Crippen LogP contribution in [0.25, 0.3) is 11.1 Å². The summed E-state index contributed by atoms with van der Waals surface area (Å²) < 4.78 is 65.3. The van der Waals surface area contributed by atoms with Crippen LogP contribution in [0.15, 0.2) is 54.6 Å². The molecule has 0 bridgehead atoms. The normalized spacial score (nSPS) is 18.5. The number of halogens is 3. The van der Waals surface area contributed by atoms with Crippen LogP contribution in [0.1, 0.15) is 60.5 Å².